The van der Waals surface area contributed by atoms with Gasteiger partial charge in [0.1, 0.15) is 0 Å². The van der Waals surface area contributed by atoms with Crippen molar-refractivity contribution in [1.82, 2.24) is 9.97 Å². The molecule has 0 saturated heterocycles. The van der Waals surface area contributed by atoms with Gasteiger partial charge in [-0.2, -0.15) is 0 Å². The van der Waals surface area contributed by atoms with E-state index in [0.29, 0.717) is 11.4 Å². The summed E-state index contributed by atoms with van der Waals surface area (Å²) in [5, 5.41) is 0. The number of rotatable bonds is 5. The first-order valence-corrected chi connectivity index (χ1v) is 10.7. The van der Waals surface area contributed by atoms with Crippen LogP contribution in [0.25, 0.3) is 22.5 Å². The van der Waals surface area contributed by atoms with Gasteiger partial charge in [-0.05, 0) is 29.1 Å². The number of benzene rings is 3. The van der Waals surface area contributed by atoms with E-state index >= 15 is 0 Å². The maximum absolute atomic E-state index is 14.4. The van der Waals surface area contributed by atoms with Crippen LogP contribution in [0.4, 0.5) is 17.6 Å². The zero-order chi connectivity index (χ0) is 24.4. The van der Waals surface area contributed by atoms with Crippen molar-refractivity contribution in [2.45, 2.75) is 5.92 Å². The molecule has 0 aliphatic heterocycles. The Morgan fingerprint density at radius 1 is 0.583 bits per heavy atom. The second-order valence-corrected chi connectivity index (χ2v) is 7.82. The van der Waals surface area contributed by atoms with E-state index < -0.39 is 29.2 Å². The van der Waals surface area contributed by atoms with E-state index in [9.17, 15) is 17.6 Å². The van der Waals surface area contributed by atoms with Crippen LogP contribution in [0.2, 0.25) is 0 Å². The van der Waals surface area contributed by atoms with E-state index in [4.69, 9.17) is 0 Å². The largest absolute Gasteiger partial charge is 2.00 e. The Morgan fingerprint density at radius 3 is 1.50 bits per heavy atom. The molecule has 0 amide bonds. The molecule has 0 N–H and O–H groups in total. The molecule has 2 aromatic heterocycles. The van der Waals surface area contributed by atoms with Gasteiger partial charge in [0.15, 0.2) is 0 Å². The maximum Gasteiger partial charge on any atom is 2.00 e. The fourth-order valence-electron chi connectivity index (χ4n) is 3.92. The molecule has 0 saturated carbocycles. The molecule has 0 spiro atoms. The van der Waals surface area contributed by atoms with E-state index in [2.05, 4.69) is 22.1 Å². The Morgan fingerprint density at radius 2 is 1.06 bits per heavy atom. The summed E-state index contributed by atoms with van der Waals surface area (Å²) in [6.07, 6.45) is 0. The van der Waals surface area contributed by atoms with Crippen LogP contribution in [0.15, 0.2) is 91.0 Å². The second-order valence-electron chi connectivity index (χ2n) is 7.82. The van der Waals surface area contributed by atoms with Crippen LogP contribution >= 0.6 is 0 Å². The molecule has 0 fully saturated rings. The van der Waals surface area contributed by atoms with Crippen molar-refractivity contribution in [3.8, 4) is 22.5 Å². The fourth-order valence-corrected chi connectivity index (χ4v) is 3.92. The van der Waals surface area contributed by atoms with Crippen molar-refractivity contribution in [3.05, 3.63) is 143 Å². The van der Waals surface area contributed by atoms with Crippen molar-refractivity contribution in [2.75, 3.05) is 0 Å². The molecule has 0 bridgehead atoms. The van der Waals surface area contributed by atoms with Crippen LogP contribution in [0.5, 0.6) is 0 Å². The molecule has 5 rings (SSSR count). The van der Waals surface area contributed by atoms with Crippen molar-refractivity contribution >= 4 is 0 Å². The molecule has 2 heterocycles. The fraction of sp³-hybridized carbons (Fsp3) is 0.0345. The van der Waals surface area contributed by atoms with Gasteiger partial charge in [-0.15, -0.1) is 24.3 Å². The minimum Gasteiger partial charge on any atom is -0.300 e. The Hall–Kier alpha value is -3.63. The Balaban J connectivity index is 0.00000304. The van der Waals surface area contributed by atoms with E-state index in [1.165, 1.54) is 0 Å². The van der Waals surface area contributed by atoms with Crippen molar-refractivity contribution in [2.24, 2.45) is 0 Å². The molecule has 0 aliphatic rings. The van der Waals surface area contributed by atoms with Gasteiger partial charge in [0.2, 0.25) is 0 Å². The Labute approximate surface area is 220 Å². The Bertz CT molecular complexity index is 1410. The molecule has 0 atom stereocenters. The third-order valence-corrected chi connectivity index (χ3v) is 5.49. The molecular weight excluding hydrogens is 647 g/mol. The normalized spacial score (nSPS) is 10.8. The third kappa shape index (κ3) is 5.29. The SMILES string of the molecule is Fc1c[c-]c(-c2cccc(C(c3ccccc3)c3cccc(-c4[c-]cc(F)cc4F)n3)n2)c(F)c1.[Pt+2]. The average Bonchev–Trinajstić information content (AvgIpc) is 2.85. The minimum absolute atomic E-state index is 0. The van der Waals surface area contributed by atoms with Crippen LogP contribution in [0.1, 0.15) is 22.9 Å². The first kappa shape index (κ1) is 25.5. The molecule has 0 aliphatic carbocycles. The molecule has 5 aromatic rings. The molecule has 0 unspecified atom stereocenters. The summed E-state index contributed by atoms with van der Waals surface area (Å²) in [4.78, 5) is 9.31. The van der Waals surface area contributed by atoms with Crippen molar-refractivity contribution < 1.29 is 38.6 Å². The van der Waals surface area contributed by atoms with E-state index in [1.807, 2.05) is 30.3 Å². The summed E-state index contributed by atoms with van der Waals surface area (Å²) >= 11 is 0. The molecule has 3 aromatic carbocycles. The minimum atomic E-state index is -0.770. The van der Waals surface area contributed by atoms with Crippen LogP contribution in [-0.4, -0.2) is 9.97 Å². The zero-order valence-corrected chi connectivity index (χ0v) is 20.7. The van der Waals surface area contributed by atoms with Crippen LogP contribution < -0.4 is 0 Å². The number of hydrogen-bond donors (Lipinski definition) is 0. The molecule has 7 heteroatoms. The summed E-state index contributed by atoms with van der Waals surface area (Å²) in [5.41, 5.74) is 2.63. The van der Waals surface area contributed by atoms with Gasteiger partial charge in [-0.25, -0.2) is 0 Å². The summed E-state index contributed by atoms with van der Waals surface area (Å²) in [5.74, 6) is -3.48. The smallest absolute Gasteiger partial charge is 0.300 e. The number of halogens is 4. The summed E-state index contributed by atoms with van der Waals surface area (Å²) < 4.78 is 55.6. The van der Waals surface area contributed by atoms with Crippen molar-refractivity contribution in [1.29, 1.82) is 0 Å². The summed E-state index contributed by atoms with van der Waals surface area (Å²) in [6, 6.07) is 28.6. The first-order valence-electron chi connectivity index (χ1n) is 10.7. The number of hydrogen-bond acceptors (Lipinski definition) is 2. The van der Waals surface area contributed by atoms with Crippen LogP contribution in [-0.2, 0) is 21.1 Å². The zero-order valence-electron chi connectivity index (χ0n) is 18.5. The molecule has 0 radical (unpaired) electrons. The van der Waals surface area contributed by atoms with Gasteiger partial charge in [0.25, 0.3) is 0 Å². The van der Waals surface area contributed by atoms with Gasteiger partial charge in [0, 0.05) is 34.7 Å². The summed E-state index contributed by atoms with van der Waals surface area (Å²) in [7, 11) is 0. The third-order valence-electron chi connectivity index (χ3n) is 5.49. The van der Waals surface area contributed by atoms with Gasteiger partial charge in [-0.1, -0.05) is 77.9 Å². The summed E-state index contributed by atoms with van der Waals surface area (Å²) in [6.45, 7) is 0. The Kier molecular flexibility index (Phi) is 7.75. The van der Waals surface area contributed by atoms with E-state index in [-0.39, 0.29) is 43.6 Å². The quantitative estimate of drug-likeness (QED) is 0.148. The predicted molar refractivity (Wildman–Crippen MR) is 124 cm³/mol. The molecule has 2 nitrogen and oxygen atoms in total. The number of nitrogens with zero attached hydrogens (tertiary/aromatic N) is 2. The van der Waals surface area contributed by atoms with E-state index in [0.717, 1.165) is 29.8 Å². The monoisotopic (exact) mass is 663 g/mol. The average molecular weight is 664 g/mol. The maximum atomic E-state index is 14.4. The van der Waals surface area contributed by atoms with Gasteiger partial charge in [-0.3, -0.25) is 17.6 Å². The first-order chi connectivity index (χ1) is 17.0. The van der Waals surface area contributed by atoms with Crippen molar-refractivity contribution in [3.63, 3.8) is 0 Å². The topological polar surface area (TPSA) is 25.8 Å². The molecule has 36 heavy (non-hydrogen) atoms. The predicted octanol–water partition coefficient (Wildman–Crippen LogP) is 7.15. The number of aromatic nitrogens is 2. The van der Waals surface area contributed by atoms with Crippen LogP contribution in [0, 0.1) is 35.4 Å². The van der Waals surface area contributed by atoms with Gasteiger partial charge >= 0.3 is 21.1 Å². The molecular formula is C29H16F4N2Pt. The standard InChI is InChI=1S/C29H16F4N2.Pt/c30-19-12-14-21(23(32)16-19)25-8-4-10-27(34-25)29(18-6-2-1-3-7-18)28-11-5-9-26(35-28)22-15-13-20(31)17-24(22)33;/h1-13,16-17,29H;/q-2;+2. The van der Waals surface area contributed by atoms with Crippen LogP contribution in [0.3, 0.4) is 0 Å². The van der Waals surface area contributed by atoms with Gasteiger partial charge < -0.3 is 9.97 Å². The van der Waals surface area contributed by atoms with Gasteiger partial charge in [0.05, 0.1) is 5.92 Å². The van der Waals surface area contributed by atoms with E-state index in [1.54, 1.807) is 36.4 Å². The molecule has 180 valence electrons. The second kappa shape index (κ2) is 11.0. The number of pyridine rings is 2.